The Morgan fingerprint density at radius 1 is 1.62 bits per heavy atom. The van der Waals surface area contributed by atoms with Gasteiger partial charge in [-0.2, -0.15) is 11.8 Å². The Morgan fingerprint density at radius 2 is 2.15 bits per heavy atom. The van der Waals surface area contributed by atoms with Gasteiger partial charge in [-0.25, -0.2) is 0 Å². The molecule has 0 rings (SSSR count). The van der Waals surface area contributed by atoms with Crippen LogP contribution in [-0.4, -0.2) is 29.6 Å². The molecule has 0 aromatic heterocycles. The lowest BCUT2D eigenvalue weighted by atomic mass is 10.0. The molecule has 0 aliphatic rings. The van der Waals surface area contributed by atoms with Crippen LogP contribution in [0.4, 0.5) is 0 Å². The Kier molecular flexibility index (Phi) is 5.40. The highest BCUT2D eigenvalue weighted by atomic mass is 32.2. The molecule has 0 saturated heterocycles. The molecule has 1 atom stereocenters. The van der Waals surface area contributed by atoms with Gasteiger partial charge in [0.25, 0.3) is 0 Å². The standard InChI is InChI=1S/C9H19NO2S/c1-7(2)13-6-5-9(3,10)8(11)12-4/h7H,5-6,10H2,1-4H3. The zero-order chi connectivity index (χ0) is 10.5. The van der Waals surface area contributed by atoms with E-state index in [0.29, 0.717) is 11.7 Å². The van der Waals surface area contributed by atoms with Crippen LogP contribution >= 0.6 is 11.8 Å². The summed E-state index contributed by atoms with van der Waals surface area (Å²) >= 11 is 1.80. The predicted molar refractivity (Wildman–Crippen MR) is 56.8 cm³/mol. The van der Waals surface area contributed by atoms with Crippen molar-refractivity contribution in [2.45, 2.75) is 38.0 Å². The van der Waals surface area contributed by atoms with Crippen LogP contribution < -0.4 is 5.73 Å². The molecule has 0 aromatic carbocycles. The van der Waals surface area contributed by atoms with Gasteiger partial charge < -0.3 is 10.5 Å². The van der Waals surface area contributed by atoms with E-state index in [-0.39, 0.29) is 5.97 Å². The van der Waals surface area contributed by atoms with Crippen molar-refractivity contribution in [1.29, 1.82) is 0 Å². The van der Waals surface area contributed by atoms with Gasteiger partial charge in [0, 0.05) is 0 Å². The number of esters is 1. The van der Waals surface area contributed by atoms with E-state index in [1.54, 1.807) is 18.7 Å². The molecule has 0 saturated carbocycles. The molecule has 0 spiro atoms. The number of hydrogen-bond donors (Lipinski definition) is 1. The molecule has 4 heteroatoms. The summed E-state index contributed by atoms with van der Waals surface area (Å²) < 4.78 is 4.60. The number of ether oxygens (including phenoxy) is 1. The molecule has 0 fully saturated rings. The fraction of sp³-hybridized carbons (Fsp3) is 0.889. The number of hydrogen-bond acceptors (Lipinski definition) is 4. The van der Waals surface area contributed by atoms with E-state index in [9.17, 15) is 4.79 Å². The summed E-state index contributed by atoms with van der Waals surface area (Å²) in [5, 5.41) is 0.577. The molecule has 3 nitrogen and oxygen atoms in total. The Hall–Kier alpha value is -0.220. The van der Waals surface area contributed by atoms with Crippen LogP contribution in [0.25, 0.3) is 0 Å². The number of methoxy groups -OCH3 is 1. The van der Waals surface area contributed by atoms with Crippen LogP contribution in [0.2, 0.25) is 0 Å². The van der Waals surface area contributed by atoms with Gasteiger partial charge in [0.2, 0.25) is 0 Å². The van der Waals surface area contributed by atoms with Crippen LogP contribution in [0.15, 0.2) is 0 Å². The van der Waals surface area contributed by atoms with Crippen LogP contribution in [0, 0.1) is 0 Å². The van der Waals surface area contributed by atoms with Gasteiger partial charge in [0.1, 0.15) is 5.54 Å². The topological polar surface area (TPSA) is 52.3 Å². The van der Waals surface area contributed by atoms with Gasteiger partial charge in [0.05, 0.1) is 7.11 Å². The molecule has 13 heavy (non-hydrogen) atoms. The van der Waals surface area contributed by atoms with Gasteiger partial charge in [0.15, 0.2) is 0 Å². The summed E-state index contributed by atoms with van der Waals surface area (Å²) in [5.41, 5.74) is 4.93. The van der Waals surface area contributed by atoms with E-state index < -0.39 is 5.54 Å². The SMILES string of the molecule is COC(=O)C(C)(N)CCSC(C)C. The fourth-order valence-corrected chi connectivity index (χ4v) is 1.86. The zero-order valence-corrected chi connectivity index (χ0v) is 9.61. The Labute approximate surface area is 84.4 Å². The van der Waals surface area contributed by atoms with Crippen LogP contribution in [0.3, 0.4) is 0 Å². The second kappa shape index (κ2) is 5.50. The van der Waals surface area contributed by atoms with Gasteiger partial charge in [-0.15, -0.1) is 0 Å². The lowest BCUT2D eigenvalue weighted by molar-refractivity contribution is -0.146. The molecule has 0 aliphatic heterocycles. The third-order valence-corrected chi connectivity index (χ3v) is 2.83. The molecular formula is C9H19NO2S. The minimum atomic E-state index is -0.837. The highest BCUT2D eigenvalue weighted by Crippen LogP contribution is 2.16. The smallest absolute Gasteiger partial charge is 0.325 e. The largest absolute Gasteiger partial charge is 0.468 e. The molecule has 1 unspecified atom stereocenters. The first-order valence-electron chi connectivity index (χ1n) is 4.39. The van der Waals surface area contributed by atoms with Gasteiger partial charge in [-0.1, -0.05) is 13.8 Å². The molecule has 0 bridgehead atoms. The highest BCUT2D eigenvalue weighted by Gasteiger charge is 2.28. The van der Waals surface area contributed by atoms with Crippen molar-refractivity contribution in [2.24, 2.45) is 5.73 Å². The Morgan fingerprint density at radius 3 is 2.54 bits per heavy atom. The van der Waals surface area contributed by atoms with E-state index in [0.717, 1.165) is 5.75 Å². The quantitative estimate of drug-likeness (QED) is 0.689. The zero-order valence-electron chi connectivity index (χ0n) is 8.79. The van der Waals surface area contributed by atoms with Crippen molar-refractivity contribution in [3.05, 3.63) is 0 Å². The molecule has 2 N–H and O–H groups in total. The van der Waals surface area contributed by atoms with Crippen molar-refractivity contribution >= 4 is 17.7 Å². The van der Waals surface area contributed by atoms with E-state index in [2.05, 4.69) is 18.6 Å². The minimum absolute atomic E-state index is 0.336. The molecule has 0 aromatic rings. The predicted octanol–water partition coefficient (Wildman–Crippen LogP) is 1.41. The first-order chi connectivity index (χ1) is 5.90. The average Bonchev–Trinajstić information content (AvgIpc) is 2.01. The van der Waals surface area contributed by atoms with Gasteiger partial charge in [-0.05, 0) is 24.3 Å². The van der Waals surface area contributed by atoms with E-state index >= 15 is 0 Å². The average molecular weight is 205 g/mol. The number of nitrogens with two attached hydrogens (primary N) is 1. The van der Waals surface area contributed by atoms with E-state index in [4.69, 9.17) is 5.73 Å². The monoisotopic (exact) mass is 205 g/mol. The lowest BCUT2D eigenvalue weighted by Crippen LogP contribution is -2.46. The molecule has 0 radical (unpaired) electrons. The van der Waals surface area contributed by atoms with Crippen molar-refractivity contribution < 1.29 is 9.53 Å². The Balaban J connectivity index is 3.82. The molecule has 78 valence electrons. The summed E-state index contributed by atoms with van der Waals surface area (Å²) in [6.07, 6.45) is 0.655. The summed E-state index contributed by atoms with van der Waals surface area (Å²) in [4.78, 5) is 11.2. The van der Waals surface area contributed by atoms with Gasteiger partial charge >= 0.3 is 5.97 Å². The normalized spacial score (nSPS) is 15.5. The van der Waals surface area contributed by atoms with Crippen molar-refractivity contribution in [2.75, 3.05) is 12.9 Å². The van der Waals surface area contributed by atoms with Crippen LogP contribution in [-0.2, 0) is 9.53 Å². The van der Waals surface area contributed by atoms with Crippen LogP contribution in [0.5, 0.6) is 0 Å². The summed E-state index contributed by atoms with van der Waals surface area (Å²) in [6, 6.07) is 0. The lowest BCUT2D eigenvalue weighted by Gasteiger charge is -2.21. The number of carbonyl (C=O) groups excluding carboxylic acids is 1. The molecular weight excluding hydrogens is 186 g/mol. The maximum Gasteiger partial charge on any atom is 0.325 e. The second-order valence-corrected chi connectivity index (χ2v) is 5.26. The first-order valence-corrected chi connectivity index (χ1v) is 5.44. The number of rotatable bonds is 5. The Bertz CT molecular complexity index is 169. The van der Waals surface area contributed by atoms with Crippen molar-refractivity contribution in [3.8, 4) is 0 Å². The third-order valence-electron chi connectivity index (χ3n) is 1.72. The maximum absolute atomic E-state index is 11.2. The van der Waals surface area contributed by atoms with Crippen molar-refractivity contribution in [3.63, 3.8) is 0 Å². The minimum Gasteiger partial charge on any atom is -0.468 e. The molecule has 0 heterocycles. The highest BCUT2D eigenvalue weighted by molar-refractivity contribution is 7.99. The number of thioether (sulfide) groups is 1. The first kappa shape index (κ1) is 12.8. The van der Waals surface area contributed by atoms with Crippen LogP contribution in [0.1, 0.15) is 27.2 Å². The second-order valence-electron chi connectivity index (χ2n) is 3.58. The summed E-state index contributed by atoms with van der Waals surface area (Å²) in [6.45, 7) is 5.95. The summed E-state index contributed by atoms with van der Waals surface area (Å²) in [5.74, 6) is 0.552. The van der Waals surface area contributed by atoms with E-state index in [1.165, 1.54) is 7.11 Å². The summed E-state index contributed by atoms with van der Waals surface area (Å²) in [7, 11) is 1.36. The maximum atomic E-state index is 11.2. The third kappa shape index (κ3) is 5.16. The number of carbonyl (C=O) groups is 1. The molecule has 0 aliphatic carbocycles. The van der Waals surface area contributed by atoms with Crippen molar-refractivity contribution in [1.82, 2.24) is 0 Å². The fourth-order valence-electron chi connectivity index (χ4n) is 0.842. The van der Waals surface area contributed by atoms with E-state index in [1.807, 2.05) is 0 Å². The molecule has 0 amide bonds. The van der Waals surface area contributed by atoms with Gasteiger partial charge in [-0.3, -0.25) is 4.79 Å².